The van der Waals surface area contributed by atoms with E-state index in [4.69, 9.17) is 4.52 Å². The van der Waals surface area contributed by atoms with Crippen LogP contribution in [0.1, 0.15) is 5.76 Å². The summed E-state index contributed by atoms with van der Waals surface area (Å²) in [5, 5.41) is 15.4. The zero-order valence-corrected chi connectivity index (χ0v) is 15.4. The van der Waals surface area contributed by atoms with Gasteiger partial charge in [0.15, 0.2) is 16.8 Å². The lowest BCUT2D eigenvalue weighted by Crippen LogP contribution is -2.14. The molecule has 0 radical (unpaired) electrons. The van der Waals surface area contributed by atoms with Gasteiger partial charge in [-0.25, -0.2) is 0 Å². The van der Waals surface area contributed by atoms with Crippen LogP contribution in [-0.4, -0.2) is 31.6 Å². The molecule has 0 saturated carbocycles. The molecule has 2 heterocycles. The van der Waals surface area contributed by atoms with Crippen LogP contribution >= 0.6 is 27.7 Å². The minimum atomic E-state index is -0.182. The molecule has 0 spiro atoms. The molecule has 0 aliphatic heterocycles. The lowest BCUT2D eigenvalue weighted by molar-refractivity contribution is -0.113. The maximum Gasteiger partial charge on any atom is 0.236 e. The number of nitrogens with one attached hydrogen (secondary N) is 1. The van der Waals surface area contributed by atoms with Gasteiger partial charge >= 0.3 is 0 Å². The van der Waals surface area contributed by atoms with Crippen molar-refractivity contribution in [3.8, 4) is 11.4 Å². The number of thioether (sulfide) groups is 1. The molecule has 2 aromatic heterocycles. The summed E-state index contributed by atoms with van der Waals surface area (Å²) < 4.78 is 7.71. The molecular weight excluding hydrogens is 394 g/mol. The first-order valence-corrected chi connectivity index (χ1v) is 8.82. The SMILES string of the molecule is Cc1cc(NC(=O)CSc2nnc(-c3ccccc3Br)n2C)no1. The minimum Gasteiger partial charge on any atom is -0.360 e. The van der Waals surface area contributed by atoms with Crippen LogP contribution in [0.15, 0.2) is 44.5 Å². The van der Waals surface area contributed by atoms with Crippen molar-refractivity contribution in [2.45, 2.75) is 12.1 Å². The maximum absolute atomic E-state index is 12.0. The predicted molar refractivity (Wildman–Crippen MR) is 94.7 cm³/mol. The third kappa shape index (κ3) is 3.68. The van der Waals surface area contributed by atoms with Gasteiger partial charge in [-0.3, -0.25) is 4.79 Å². The van der Waals surface area contributed by atoms with Crippen LogP contribution in [0.25, 0.3) is 11.4 Å². The molecule has 24 heavy (non-hydrogen) atoms. The Morgan fingerprint density at radius 2 is 2.17 bits per heavy atom. The Balaban J connectivity index is 1.66. The van der Waals surface area contributed by atoms with Crippen molar-refractivity contribution in [2.75, 3.05) is 11.1 Å². The molecule has 3 rings (SSSR count). The number of amides is 1. The number of hydrogen-bond donors (Lipinski definition) is 1. The second-order valence-electron chi connectivity index (χ2n) is 5.00. The molecular formula is C15H14BrN5O2S. The number of rotatable bonds is 5. The molecule has 0 aliphatic carbocycles. The first-order valence-electron chi connectivity index (χ1n) is 7.05. The molecule has 0 atom stereocenters. The number of carbonyl (C=O) groups excluding carboxylic acids is 1. The van der Waals surface area contributed by atoms with Gasteiger partial charge in [-0.15, -0.1) is 10.2 Å². The van der Waals surface area contributed by atoms with Gasteiger partial charge in [-0.1, -0.05) is 51.0 Å². The third-order valence-corrected chi connectivity index (χ3v) is 4.89. The first kappa shape index (κ1) is 16.7. The Labute approximate surface area is 150 Å². The molecule has 124 valence electrons. The summed E-state index contributed by atoms with van der Waals surface area (Å²) in [5.41, 5.74) is 0.946. The summed E-state index contributed by atoms with van der Waals surface area (Å²) in [6.45, 7) is 1.76. The Bertz CT molecular complexity index is 876. The number of anilines is 1. The minimum absolute atomic E-state index is 0.182. The maximum atomic E-state index is 12.0. The van der Waals surface area contributed by atoms with E-state index in [0.717, 1.165) is 15.9 Å². The summed E-state index contributed by atoms with van der Waals surface area (Å²) in [4.78, 5) is 12.0. The predicted octanol–water partition coefficient (Wildman–Crippen LogP) is 3.27. The van der Waals surface area contributed by atoms with E-state index in [1.54, 1.807) is 13.0 Å². The molecule has 0 unspecified atom stereocenters. The Morgan fingerprint density at radius 1 is 1.38 bits per heavy atom. The van der Waals surface area contributed by atoms with Gasteiger partial charge in [0.05, 0.1) is 5.75 Å². The summed E-state index contributed by atoms with van der Waals surface area (Å²) >= 11 is 4.82. The van der Waals surface area contributed by atoms with E-state index >= 15 is 0 Å². The fourth-order valence-electron chi connectivity index (χ4n) is 2.05. The van der Waals surface area contributed by atoms with Crippen LogP contribution in [0.5, 0.6) is 0 Å². The normalized spacial score (nSPS) is 10.8. The highest BCUT2D eigenvalue weighted by atomic mass is 79.9. The zero-order valence-electron chi connectivity index (χ0n) is 13.0. The molecule has 7 nitrogen and oxygen atoms in total. The van der Waals surface area contributed by atoms with Gasteiger partial charge in [0.25, 0.3) is 0 Å². The number of aryl methyl sites for hydroxylation is 1. The lowest BCUT2D eigenvalue weighted by Gasteiger charge is -2.05. The standard InChI is InChI=1S/C15H14BrN5O2S/c1-9-7-12(20-23-9)17-13(22)8-24-15-19-18-14(21(15)2)10-5-3-4-6-11(10)16/h3-7H,8H2,1-2H3,(H,17,20,22). The molecule has 1 aromatic carbocycles. The van der Waals surface area contributed by atoms with Crippen LogP contribution in [0, 0.1) is 6.92 Å². The first-order chi connectivity index (χ1) is 11.5. The van der Waals surface area contributed by atoms with Crippen molar-refractivity contribution in [1.82, 2.24) is 19.9 Å². The van der Waals surface area contributed by atoms with Gasteiger partial charge in [-0.2, -0.15) is 0 Å². The van der Waals surface area contributed by atoms with E-state index in [-0.39, 0.29) is 11.7 Å². The number of aromatic nitrogens is 4. The average Bonchev–Trinajstić information content (AvgIpc) is 3.12. The second kappa shape index (κ2) is 7.18. The molecule has 1 amide bonds. The summed E-state index contributed by atoms with van der Waals surface area (Å²) in [7, 11) is 1.87. The van der Waals surface area contributed by atoms with Gasteiger partial charge in [0.2, 0.25) is 5.91 Å². The van der Waals surface area contributed by atoms with E-state index in [2.05, 4.69) is 36.6 Å². The monoisotopic (exact) mass is 407 g/mol. The Hall–Kier alpha value is -2.13. The lowest BCUT2D eigenvalue weighted by atomic mass is 10.2. The fourth-order valence-corrected chi connectivity index (χ4v) is 3.23. The highest BCUT2D eigenvalue weighted by Gasteiger charge is 2.15. The molecule has 0 fully saturated rings. The van der Waals surface area contributed by atoms with Crippen molar-refractivity contribution >= 4 is 39.4 Å². The zero-order chi connectivity index (χ0) is 17.1. The smallest absolute Gasteiger partial charge is 0.236 e. The van der Waals surface area contributed by atoms with Crippen LogP contribution in [-0.2, 0) is 11.8 Å². The topological polar surface area (TPSA) is 85.8 Å². The van der Waals surface area contributed by atoms with E-state index in [1.165, 1.54) is 11.8 Å². The highest BCUT2D eigenvalue weighted by Crippen LogP contribution is 2.28. The summed E-state index contributed by atoms with van der Waals surface area (Å²) in [6, 6.07) is 9.45. The van der Waals surface area contributed by atoms with Crippen molar-refractivity contribution in [3.05, 3.63) is 40.6 Å². The molecule has 3 aromatic rings. The fraction of sp³-hybridized carbons (Fsp3) is 0.200. The molecule has 1 N–H and O–H groups in total. The summed E-state index contributed by atoms with van der Waals surface area (Å²) in [6.07, 6.45) is 0. The highest BCUT2D eigenvalue weighted by molar-refractivity contribution is 9.10. The largest absolute Gasteiger partial charge is 0.360 e. The van der Waals surface area contributed by atoms with Gasteiger partial charge in [-0.05, 0) is 13.0 Å². The van der Waals surface area contributed by atoms with E-state index in [1.807, 2.05) is 35.9 Å². The van der Waals surface area contributed by atoms with E-state index in [0.29, 0.717) is 16.7 Å². The van der Waals surface area contributed by atoms with Crippen molar-refractivity contribution in [3.63, 3.8) is 0 Å². The number of nitrogens with zero attached hydrogens (tertiary/aromatic N) is 4. The molecule has 9 heteroatoms. The number of benzene rings is 1. The average molecular weight is 408 g/mol. The third-order valence-electron chi connectivity index (χ3n) is 3.18. The van der Waals surface area contributed by atoms with Crippen LogP contribution in [0.2, 0.25) is 0 Å². The molecule has 0 bridgehead atoms. The second-order valence-corrected chi connectivity index (χ2v) is 6.80. The number of hydrogen-bond acceptors (Lipinski definition) is 6. The Kier molecular flexibility index (Phi) is 5.00. The van der Waals surface area contributed by atoms with Crippen molar-refractivity contribution in [2.24, 2.45) is 7.05 Å². The van der Waals surface area contributed by atoms with Gasteiger partial charge < -0.3 is 14.4 Å². The summed E-state index contributed by atoms with van der Waals surface area (Å²) in [5.74, 6) is 1.80. The Morgan fingerprint density at radius 3 is 2.88 bits per heavy atom. The van der Waals surface area contributed by atoms with E-state index < -0.39 is 0 Å². The van der Waals surface area contributed by atoms with Crippen LogP contribution in [0.3, 0.4) is 0 Å². The van der Waals surface area contributed by atoms with Crippen molar-refractivity contribution < 1.29 is 9.32 Å². The van der Waals surface area contributed by atoms with E-state index in [9.17, 15) is 4.79 Å². The van der Waals surface area contributed by atoms with Crippen LogP contribution < -0.4 is 5.32 Å². The van der Waals surface area contributed by atoms with Gasteiger partial charge in [0.1, 0.15) is 5.76 Å². The van der Waals surface area contributed by atoms with Gasteiger partial charge in [0, 0.05) is 23.2 Å². The molecule has 0 aliphatic rings. The quantitative estimate of drug-likeness (QED) is 0.653. The number of halogens is 1. The molecule has 0 saturated heterocycles. The number of carbonyl (C=O) groups is 1. The van der Waals surface area contributed by atoms with Crippen LogP contribution in [0.4, 0.5) is 5.82 Å². The van der Waals surface area contributed by atoms with Crippen molar-refractivity contribution in [1.29, 1.82) is 0 Å².